The van der Waals surface area contributed by atoms with Gasteiger partial charge in [-0.25, -0.2) is 9.97 Å². The molecule has 152 valence electrons. The number of benzene rings is 1. The fourth-order valence-corrected chi connectivity index (χ4v) is 5.82. The van der Waals surface area contributed by atoms with Gasteiger partial charge in [0.25, 0.3) is 0 Å². The highest BCUT2D eigenvalue weighted by Gasteiger charge is 2.23. The van der Waals surface area contributed by atoms with Crippen molar-refractivity contribution in [2.24, 2.45) is 5.92 Å². The number of hydrogen-bond donors (Lipinski definition) is 1. The zero-order valence-corrected chi connectivity index (χ0v) is 18.3. The second-order valence-corrected chi connectivity index (χ2v) is 9.16. The number of nitrogens with zero attached hydrogens (tertiary/aromatic N) is 2. The molecule has 6 nitrogen and oxygen atoms in total. The minimum absolute atomic E-state index is 0.108. The molecule has 8 heteroatoms. The van der Waals surface area contributed by atoms with Crippen LogP contribution in [0.4, 0.5) is 5.69 Å². The second kappa shape index (κ2) is 8.59. The number of thioether (sulfide) groups is 1. The molecule has 4 rings (SSSR count). The van der Waals surface area contributed by atoms with Crippen LogP contribution in [0.5, 0.6) is 11.5 Å². The number of thiophene rings is 1. The first kappa shape index (κ1) is 20.0. The van der Waals surface area contributed by atoms with E-state index in [0.29, 0.717) is 23.1 Å². The van der Waals surface area contributed by atoms with Crippen LogP contribution in [0.1, 0.15) is 23.8 Å². The maximum absolute atomic E-state index is 12.6. The molecule has 1 aliphatic rings. The summed E-state index contributed by atoms with van der Waals surface area (Å²) >= 11 is 3.22. The number of aromatic nitrogens is 2. The van der Waals surface area contributed by atoms with E-state index in [9.17, 15) is 4.79 Å². The van der Waals surface area contributed by atoms with Crippen molar-refractivity contribution >= 4 is 44.9 Å². The van der Waals surface area contributed by atoms with Gasteiger partial charge >= 0.3 is 0 Å². The topological polar surface area (TPSA) is 73.3 Å². The molecule has 0 aliphatic heterocycles. The Morgan fingerprint density at radius 2 is 2.17 bits per heavy atom. The van der Waals surface area contributed by atoms with E-state index in [1.807, 2.05) is 0 Å². The van der Waals surface area contributed by atoms with Crippen LogP contribution in [0.15, 0.2) is 29.6 Å². The van der Waals surface area contributed by atoms with Crippen LogP contribution in [0.25, 0.3) is 10.2 Å². The number of nitrogens with one attached hydrogen (secondary N) is 1. The molecule has 1 aliphatic carbocycles. The third-order valence-electron chi connectivity index (χ3n) is 5.08. The Hall–Kier alpha value is -2.32. The summed E-state index contributed by atoms with van der Waals surface area (Å²) in [5.41, 5.74) is 2.00. The van der Waals surface area contributed by atoms with Crippen molar-refractivity contribution in [2.45, 2.75) is 31.2 Å². The molecule has 0 saturated heterocycles. The van der Waals surface area contributed by atoms with Crippen molar-refractivity contribution in [2.75, 3.05) is 25.3 Å². The van der Waals surface area contributed by atoms with Gasteiger partial charge < -0.3 is 14.8 Å². The summed E-state index contributed by atoms with van der Waals surface area (Å²) in [4.78, 5) is 24.0. The van der Waals surface area contributed by atoms with Gasteiger partial charge in [-0.2, -0.15) is 0 Å². The van der Waals surface area contributed by atoms with Gasteiger partial charge in [-0.3, -0.25) is 4.79 Å². The number of hydrogen-bond acceptors (Lipinski definition) is 7. The van der Waals surface area contributed by atoms with Gasteiger partial charge in [-0.05, 0) is 42.9 Å². The molecule has 0 fully saturated rings. The molecule has 0 saturated carbocycles. The summed E-state index contributed by atoms with van der Waals surface area (Å²) in [7, 11) is 3.16. The molecule has 3 aromatic rings. The minimum Gasteiger partial charge on any atom is -0.497 e. The van der Waals surface area contributed by atoms with Crippen molar-refractivity contribution in [1.82, 2.24) is 9.97 Å². The van der Waals surface area contributed by atoms with Gasteiger partial charge in [0.05, 0.1) is 25.7 Å². The average Bonchev–Trinajstić information content (AvgIpc) is 3.10. The summed E-state index contributed by atoms with van der Waals surface area (Å²) in [5, 5.41) is 4.94. The van der Waals surface area contributed by atoms with Gasteiger partial charge in [0.1, 0.15) is 27.7 Å². The first-order valence-corrected chi connectivity index (χ1v) is 11.3. The molecule has 1 unspecified atom stereocenters. The summed E-state index contributed by atoms with van der Waals surface area (Å²) in [5.74, 6) is 2.11. The van der Waals surface area contributed by atoms with Crippen LogP contribution in [0, 0.1) is 5.92 Å². The van der Waals surface area contributed by atoms with Gasteiger partial charge in [-0.15, -0.1) is 11.3 Å². The van der Waals surface area contributed by atoms with E-state index < -0.39 is 0 Å². The van der Waals surface area contributed by atoms with Crippen LogP contribution < -0.4 is 14.8 Å². The van der Waals surface area contributed by atoms with Crippen LogP contribution in [0.3, 0.4) is 0 Å². The monoisotopic (exact) mass is 429 g/mol. The van der Waals surface area contributed by atoms with E-state index in [1.165, 1.54) is 28.6 Å². The zero-order chi connectivity index (χ0) is 20.4. The number of carbonyl (C=O) groups is 1. The fraction of sp³-hybridized carbons (Fsp3) is 0.381. The Kier molecular flexibility index (Phi) is 5.91. The first-order chi connectivity index (χ1) is 14.1. The number of anilines is 1. The Morgan fingerprint density at radius 3 is 2.97 bits per heavy atom. The molecule has 1 aromatic carbocycles. The number of carbonyl (C=O) groups excluding carboxylic acids is 1. The largest absolute Gasteiger partial charge is 0.497 e. The lowest BCUT2D eigenvalue weighted by atomic mass is 9.89. The zero-order valence-electron chi connectivity index (χ0n) is 16.7. The first-order valence-electron chi connectivity index (χ1n) is 9.49. The molecule has 0 spiro atoms. The molecule has 2 aromatic heterocycles. The number of aryl methyl sites for hydroxylation is 1. The van der Waals surface area contributed by atoms with Gasteiger partial charge in [0.2, 0.25) is 5.91 Å². The lowest BCUT2D eigenvalue weighted by Crippen LogP contribution is -2.15. The standard InChI is InChI=1S/C21H23N3O3S2/c1-12-4-6-14-17(8-12)29-21-19(14)20(22-11-23-21)28-10-18(25)24-15-7-5-13(26-2)9-16(15)27-3/h5,7,9,11-12H,4,6,8,10H2,1-3H3,(H,24,25). The molecular formula is C21H23N3O3S2. The third-order valence-corrected chi connectivity index (χ3v) is 7.23. The number of ether oxygens (including phenoxy) is 2. The molecule has 0 radical (unpaired) electrons. The number of fused-ring (bicyclic) bond motifs is 3. The van der Waals surface area contributed by atoms with Crippen molar-refractivity contribution in [1.29, 1.82) is 0 Å². The molecule has 1 N–H and O–H groups in total. The Morgan fingerprint density at radius 1 is 1.31 bits per heavy atom. The SMILES string of the molecule is COc1ccc(NC(=O)CSc2ncnc3sc4c(c23)CCC(C)C4)c(OC)c1. The van der Waals surface area contributed by atoms with Crippen LogP contribution in [-0.2, 0) is 17.6 Å². The highest BCUT2D eigenvalue weighted by atomic mass is 32.2. The van der Waals surface area contributed by atoms with Crippen molar-refractivity contribution in [3.05, 3.63) is 35.0 Å². The summed E-state index contributed by atoms with van der Waals surface area (Å²) in [6, 6.07) is 5.31. The highest BCUT2D eigenvalue weighted by Crippen LogP contribution is 2.40. The average molecular weight is 430 g/mol. The fourth-order valence-electron chi connectivity index (χ4n) is 3.58. The van der Waals surface area contributed by atoms with Crippen LogP contribution >= 0.6 is 23.1 Å². The predicted molar refractivity (Wildman–Crippen MR) is 118 cm³/mol. The number of amides is 1. The summed E-state index contributed by atoms with van der Waals surface area (Å²) < 4.78 is 10.5. The molecule has 2 heterocycles. The predicted octanol–water partition coefficient (Wildman–Crippen LogP) is 4.56. The quantitative estimate of drug-likeness (QED) is 0.457. The Balaban J connectivity index is 1.49. The minimum atomic E-state index is -0.108. The molecule has 0 bridgehead atoms. The van der Waals surface area contributed by atoms with E-state index in [2.05, 4.69) is 22.2 Å². The van der Waals surface area contributed by atoms with Crippen molar-refractivity contribution in [3.8, 4) is 11.5 Å². The Labute approximate surface area is 178 Å². The van der Waals surface area contributed by atoms with E-state index in [-0.39, 0.29) is 11.7 Å². The van der Waals surface area contributed by atoms with Gasteiger partial charge in [0, 0.05) is 16.3 Å². The highest BCUT2D eigenvalue weighted by molar-refractivity contribution is 8.00. The lowest BCUT2D eigenvalue weighted by molar-refractivity contribution is -0.113. The van der Waals surface area contributed by atoms with E-state index in [0.717, 1.165) is 28.1 Å². The molecule has 29 heavy (non-hydrogen) atoms. The van der Waals surface area contributed by atoms with Crippen molar-refractivity contribution < 1.29 is 14.3 Å². The second-order valence-electron chi connectivity index (χ2n) is 7.11. The van der Waals surface area contributed by atoms with E-state index in [4.69, 9.17) is 9.47 Å². The van der Waals surface area contributed by atoms with Gasteiger partial charge in [0.15, 0.2) is 0 Å². The van der Waals surface area contributed by atoms with Crippen molar-refractivity contribution in [3.63, 3.8) is 0 Å². The molecule has 1 atom stereocenters. The van der Waals surface area contributed by atoms with Crippen LogP contribution in [-0.4, -0.2) is 35.8 Å². The summed E-state index contributed by atoms with van der Waals surface area (Å²) in [6.45, 7) is 2.30. The van der Waals surface area contributed by atoms with E-state index >= 15 is 0 Å². The lowest BCUT2D eigenvalue weighted by Gasteiger charge is -2.18. The van der Waals surface area contributed by atoms with E-state index in [1.54, 1.807) is 50.1 Å². The summed E-state index contributed by atoms with van der Waals surface area (Å²) in [6.07, 6.45) is 4.96. The normalized spacial score (nSPS) is 15.8. The number of rotatable bonds is 6. The molecular weight excluding hydrogens is 406 g/mol. The maximum atomic E-state index is 12.6. The smallest absolute Gasteiger partial charge is 0.234 e. The molecule has 1 amide bonds. The number of methoxy groups -OCH3 is 2. The van der Waals surface area contributed by atoms with Crippen LogP contribution in [0.2, 0.25) is 0 Å². The maximum Gasteiger partial charge on any atom is 0.234 e. The van der Waals surface area contributed by atoms with Gasteiger partial charge in [-0.1, -0.05) is 18.7 Å². The third kappa shape index (κ3) is 4.18. The Bertz CT molecular complexity index is 1050.